The van der Waals surface area contributed by atoms with Crippen LogP contribution in [0.2, 0.25) is 5.02 Å². The lowest BCUT2D eigenvalue weighted by Gasteiger charge is -2.09. The molecule has 2 aromatic carbocycles. The van der Waals surface area contributed by atoms with Crippen LogP contribution in [0.25, 0.3) is 23.0 Å². The molecule has 0 saturated carbocycles. The van der Waals surface area contributed by atoms with Crippen molar-refractivity contribution in [2.45, 2.75) is 6.54 Å². The van der Waals surface area contributed by atoms with Gasteiger partial charge in [0.05, 0.1) is 10.7 Å². The zero-order valence-corrected chi connectivity index (χ0v) is 15.5. The molecule has 0 atom stereocenters. The molecule has 2 heterocycles. The van der Waals surface area contributed by atoms with Crippen LogP contribution >= 0.6 is 11.6 Å². The standard InChI is InChI=1S/C20H13ClF2N4O2/c21-15-10-14(23)7-8-16(15)24-18(28)11-27-9-1-2-17(27)20-25-19(26-29-20)12-3-5-13(22)6-4-12/h1-10H,11H2,(H,24,28). The van der Waals surface area contributed by atoms with E-state index in [2.05, 4.69) is 15.5 Å². The SMILES string of the molecule is O=C(Cn1cccc1-c1nc(-c2ccc(F)cc2)no1)Nc1ccc(F)cc1Cl. The lowest BCUT2D eigenvalue weighted by Crippen LogP contribution is -2.19. The molecule has 0 fully saturated rings. The van der Waals surface area contributed by atoms with E-state index in [-0.39, 0.29) is 29.2 Å². The van der Waals surface area contributed by atoms with Crippen LogP contribution in [0.15, 0.2) is 65.3 Å². The van der Waals surface area contributed by atoms with Gasteiger partial charge in [-0.1, -0.05) is 16.8 Å². The highest BCUT2D eigenvalue weighted by Gasteiger charge is 2.16. The Morgan fingerprint density at radius 3 is 2.62 bits per heavy atom. The molecule has 0 aliphatic carbocycles. The fourth-order valence-corrected chi connectivity index (χ4v) is 2.94. The van der Waals surface area contributed by atoms with Gasteiger partial charge in [0, 0.05) is 11.8 Å². The summed E-state index contributed by atoms with van der Waals surface area (Å²) in [7, 11) is 0. The van der Waals surface area contributed by atoms with E-state index in [1.807, 2.05) is 0 Å². The Morgan fingerprint density at radius 1 is 1.10 bits per heavy atom. The molecular formula is C20H13ClF2N4O2. The highest BCUT2D eigenvalue weighted by Crippen LogP contribution is 2.24. The second-order valence-electron chi connectivity index (χ2n) is 6.12. The van der Waals surface area contributed by atoms with E-state index in [9.17, 15) is 13.6 Å². The zero-order valence-electron chi connectivity index (χ0n) is 14.8. The van der Waals surface area contributed by atoms with Crippen molar-refractivity contribution in [3.8, 4) is 23.0 Å². The first-order chi connectivity index (χ1) is 14.0. The van der Waals surface area contributed by atoms with Gasteiger partial charge in [0.15, 0.2) is 0 Å². The monoisotopic (exact) mass is 414 g/mol. The quantitative estimate of drug-likeness (QED) is 0.510. The largest absolute Gasteiger partial charge is 0.334 e. The van der Waals surface area contributed by atoms with Crippen LogP contribution in [-0.4, -0.2) is 20.6 Å². The summed E-state index contributed by atoms with van der Waals surface area (Å²) in [5.74, 6) is -0.709. The third kappa shape index (κ3) is 4.17. The van der Waals surface area contributed by atoms with Gasteiger partial charge in [-0.2, -0.15) is 4.98 Å². The second-order valence-corrected chi connectivity index (χ2v) is 6.53. The number of anilines is 1. The first kappa shape index (κ1) is 18.8. The summed E-state index contributed by atoms with van der Waals surface area (Å²) in [4.78, 5) is 16.7. The molecule has 1 amide bonds. The van der Waals surface area contributed by atoms with Gasteiger partial charge in [0.2, 0.25) is 11.7 Å². The number of aromatic nitrogens is 3. The molecule has 0 spiro atoms. The normalized spacial score (nSPS) is 10.9. The van der Waals surface area contributed by atoms with E-state index in [1.54, 1.807) is 35.0 Å². The summed E-state index contributed by atoms with van der Waals surface area (Å²) in [5, 5.41) is 6.64. The first-order valence-electron chi connectivity index (χ1n) is 8.49. The number of carbonyl (C=O) groups excluding carboxylic acids is 1. The maximum Gasteiger partial charge on any atom is 0.274 e. The second kappa shape index (κ2) is 7.84. The van der Waals surface area contributed by atoms with Crippen LogP contribution < -0.4 is 5.32 Å². The van der Waals surface area contributed by atoms with Gasteiger partial charge in [-0.15, -0.1) is 0 Å². The molecule has 0 aliphatic heterocycles. The van der Waals surface area contributed by atoms with Crippen molar-refractivity contribution in [1.82, 2.24) is 14.7 Å². The number of hydrogen-bond donors (Lipinski definition) is 1. The molecular weight excluding hydrogens is 402 g/mol. The van der Waals surface area contributed by atoms with Crippen LogP contribution in [0.4, 0.5) is 14.5 Å². The van der Waals surface area contributed by atoms with Gasteiger partial charge >= 0.3 is 0 Å². The number of hydrogen-bond acceptors (Lipinski definition) is 4. The van der Waals surface area contributed by atoms with E-state index in [0.717, 1.165) is 6.07 Å². The van der Waals surface area contributed by atoms with Crippen molar-refractivity contribution >= 4 is 23.2 Å². The average molecular weight is 415 g/mol. The number of amides is 1. The van der Waals surface area contributed by atoms with Crippen molar-refractivity contribution in [3.63, 3.8) is 0 Å². The van der Waals surface area contributed by atoms with Gasteiger partial charge in [0.1, 0.15) is 23.9 Å². The molecule has 29 heavy (non-hydrogen) atoms. The summed E-state index contributed by atoms with van der Waals surface area (Å²) in [5.41, 5.74) is 1.44. The van der Waals surface area contributed by atoms with Crippen molar-refractivity contribution in [2.75, 3.05) is 5.32 Å². The Labute approximate surface area is 168 Å². The Hall–Kier alpha value is -3.52. The minimum atomic E-state index is -0.492. The zero-order chi connectivity index (χ0) is 20.4. The van der Waals surface area contributed by atoms with E-state index < -0.39 is 5.82 Å². The van der Waals surface area contributed by atoms with E-state index >= 15 is 0 Å². The molecule has 0 radical (unpaired) electrons. The van der Waals surface area contributed by atoms with E-state index in [4.69, 9.17) is 16.1 Å². The molecule has 0 unspecified atom stereocenters. The van der Waals surface area contributed by atoms with Crippen molar-refractivity contribution in [1.29, 1.82) is 0 Å². The maximum absolute atomic E-state index is 13.1. The van der Waals surface area contributed by atoms with Gasteiger partial charge < -0.3 is 14.4 Å². The number of carbonyl (C=O) groups is 1. The lowest BCUT2D eigenvalue weighted by molar-refractivity contribution is -0.116. The minimum Gasteiger partial charge on any atom is -0.334 e. The Kier molecular flexibility index (Phi) is 5.09. The highest BCUT2D eigenvalue weighted by atomic mass is 35.5. The Morgan fingerprint density at radius 2 is 1.86 bits per heavy atom. The molecule has 146 valence electrons. The first-order valence-corrected chi connectivity index (χ1v) is 8.87. The summed E-state index contributed by atoms with van der Waals surface area (Å²) in [6, 6.07) is 12.9. The molecule has 0 saturated heterocycles. The molecule has 0 bridgehead atoms. The fraction of sp³-hybridized carbons (Fsp3) is 0.0500. The molecule has 2 aromatic heterocycles. The van der Waals surface area contributed by atoms with E-state index in [0.29, 0.717) is 22.8 Å². The third-order valence-electron chi connectivity index (χ3n) is 4.10. The molecule has 1 N–H and O–H groups in total. The van der Waals surface area contributed by atoms with E-state index in [1.165, 1.54) is 24.3 Å². The summed E-state index contributed by atoms with van der Waals surface area (Å²) in [6.07, 6.45) is 1.68. The average Bonchev–Trinajstić information content (AvgIpc) is 3.34. The van der Waals surface area contributed by atoms with Crippen molar-refractivity contribution < 1.29 is 18.1 Å². The number of nitrogens with one attached hydrogen (secondary N) is 1. The Bertz CT molecular complexity index is 1170. The summed E-state index contributed by atoms with van der Waals surface area (Å²) >= 11 is 5.94. The molecule has 4 aromatic rings. The number of benzene rings is 2. The predicted octanol–water partition coefficient (Wildman–Crippen LogP) is 4.78. The third-order valence-corrected chi connectivity index (χ3v) is 4.41. The topological polar surface area (TPSA) is 73.0 Å². The number of halogens is 3. The van der Waals surface area contributed by atoms with Crippen molar-refractivity contribution in [2.24, 2.45) is 0 Å². The molecule has 6 nitrogen and oxygen atoms in total. The lowest BCUT2D eigenvalue weighted by atomic mass is 10.2. The fourth-order valence-electron chi connectivity index (χ4n) is 2.73. The Balaban J connectivity index is 1.51. The van der Waals surface area contributed by atoms with Crippen molar-refractivity contribution in [3.05, 3.63) is 77.5 Å². The predicted molar refractivity (Wildman–Crippen MR) is 103 cm³/mol. The highest BCUT2D eigenvalue weighted by molar-refractivity contribution is 6.33. The summed E-state index contributed by atoms with van der Waals surface area (Å²) < 4.78 is 33.1. The van der Waals surface area contributed by atoms with Crippen LogP contribution in [0.1, 0.15) is 0 Å². The van der Waals surface area contributed by atoms with Gasteiger partial charge in [0.25, 0.3) is 5.89 Å². The van der Waals surface area contributed by atoms with Gasteiger partial charge in [-0.3, -0.25) is 4.79 Å². The minimum absolute atomic E-state index is 0.0513. The van der Waals surface area contributed by atoms with Crippen LogP contribution in [0, 0.1) is 11.6 Å². The molecule has 9 heteroatoms. The van der Waals surface area contributed by atoms with Crippen LogP contribution in [-0.2, 0) is 11.3 Å². The number of nitrogens with zero attached hydrogens (tertiary/aromatic N) is 3. The van der Waals surface area contributed by atoms with Gasteiger partial charge in [-0.05, 0) is 54.6 Å². The van der Waals surface area contributed by atoms with Crippen LogP contribution in [0.5, 0.6) is 0 Å². The molecule has 0 aliphatic rings. The maximum atomic E-state index is 13.1. The number of rotatable bonds is 5. The summed E-state index contributed by atoms with van der Waals surface area (Å²) in [6.45, 7) is -0.0513. The van der Waals surface area contributed by atoms with Crippen LogP contribution in [0.3, 0.4) is 0 Å². The smallest absolute Gasteiger partial charge is 0.274 e. The van der Waals surface area contributed by atoms with Gasteiger partial charge in [-0.25, -0.2) is 8.78 Å². The molecule has 4 rings (SSSR count).